The molecule has 0 rings (SSSR count). The van der Waals surface area contributed by atoms with Crippen molar-refractivity contribution in [3.8, 4) is 0 Å². The van der Waals surface area contributed by atoms with Crippen LogP contribution in [0.4, 0.5) is 0 Å². The normalized spacial score (nSPS) is 12.8. The Kier molecular flexibility index (Phi) is 72.3. The number of quaternary nitrogens is 1. The van der Waals surface area contributed by atoms with Crippen molar-refractivity contribution in [3.63, 3.8) is 0 Å². The molecular formula is C83H157NO8. The van der Waals surface area contributed by atoms with Gasteiger partial charge in [0, 0.05) is 12.8 Å². The number of aliphatic carboxylic acids is 1. The average molecular weight is 1300 g/mol. The van der Waals surface area contributed by atoms with Crippen LogP contribution in [-0.4, -0.2) is 82.3 Å². The Morgan fingerprint density at radius 3 is 0.870 bits per heavy atom. The van der Waals surface area contributed by atoms with Crippen molar-refractivity contribution in [1.29, 1.82) is 0 Å². The second-order valence-electron chi connectivity index (χ2n) is 29.1. The van der Waals surface area contributed by atoms with Crippen LogP contribution in [-0.2, 0) is 33.3 Å². The number of rotatable bonds is 77. The van der Waals surface area contributed by atoms with E-state index < -0.39 is 24.3 Å². The van der Waals surface area contributed by atoms with E-state index in [1.165, 1.54) is 340 Å². The molecule has 0 aliphatic heterocycles. The zero-order chi connectivity index (χ0) is 66.8. The van der Waals surface area contributed by atoms with Gasteiger partial charge in [-0.05, 0) is 51.4 Å². The highest BCUT2D eigenvalue weighted by Gasteiger charge is 2.22. The molecule has 9 heteroatoms. The maximum absolute atomic E-state index is 13.0. The lowest BCUT2D eigenvalue weighted by molar-refractivity contribution is -0.870. The average Bonchev–Trinajstić information content (AvgIpc) is 3.70. The summed E-state index contributed by atoms with van der Waals surface area (Å²) >= 11 is 0. The number of esters is 2. The maximum atomic E-state index is 13.0. The van der Waals surface area contributed by atoms with Crippen molar-refractivity contribution < 1.29 is 42.9 Å². The Labute approximate surface area is 572 Å². The van der Waals surface area contributed by atoms with Gasteiger partial charge in [0.05, 0.1) is 40.3 Å². The van der Waals surface area contributed by atoms with E-state index in [1.54, 1.807) is 0 Å². The van der Waals surface area contributed by atoms with E-state index >= 15 is 0 Å². The Balaban J connectivity index is 3.96. The van der Waals surface area contributed by atoms with Crippen molar-refractivity contribution in [1.82, 2.24) is 0 Å². The third-order valence-electron chi connectivity index (χ3n) is 18.6. The molecule has 0 amide bonds. The number of likely N-dealkylation sites (N-methyl/N-ethyl adjacent to an activating group) is 1. The highest BCUT2D eigenvalue weighted by molar-refractivity contribution is 5.70. The van der Waals surface area contributed by atoms with Crippen LogP contribution >= 0.6 is 0 Å². The smallest absolute Gasteiger partial charge is 0.306 e. The molecule has 9 nitrogen and oxygen atoms in total. The molecule has 542 valence electrons. The Morgan fingerprint density at radius 1 is 0.326 bits per heavy atom. The van der Waals surface area contributed by atoms with Gasteiger partial charge >= 0.3 is 11.9 Å². The largest absolute Gasteiger partial charge is 0.545 e. The summed E-state index contributed by atoms with van der Waals surface area (Å²) in [5, 5.41) is 11.9. The lowest BCUT2D eigenvalue weighted by Gasteiger charge is -2.26. The van der Waals surface area contributed by atoms with Crippen LogP contribution in [0.25, 0.3) is 0 Å². The first-order valence-electron chi connectivity index (χ1n) is 40.6. The third-order valence-corrected chi connectivity index (χ3v) is 18.6. The van der Waals surface area contributed by atoms with E-state index in [0.717, 1.165) is 44.9 Å². The predicted octanol–water partition coefficient (Wildman–Crippen LogP) is 24.5. The quantitative estimate of drug-likeness (QED) is 0.0195. The number of carbonyl (C=O) groups excluding carboxylic acids is 3. The molecule has 0 saturated carbocycles. The van der Waals surface area contributed by atoms with Gasteiger partial charge in [0.15, 0.2) is 12.4 Å². The SMILES string of the molecule is CCCCCCC/C=C\C/C=C\C/C=C\CCCCCCCCCCCCCCCCCCC(=O)OC(COC(=O)CCCCCCCCCCCCCCCCCCCCCCCCCCCCCCCCCCCCCC)COC(OCC[N+](C)(C)C)C(=O)[O-]. The molecule has 0 aromatic carbocycles. The van der Waals surface area contributed by atoms with Crippen LogP contribution in [0.1, 0.15) is 418 Å². The topological polar surface area (TPSA) is 111 Å². The Bertz CT molecular complexity index is 1600. The van der Waals surface area contributed by atoms with Crippen LogP contribution < -0.4 is 5.11 Å². The van der Waals surface area contributed by atoms with Crippen LogP contribution in [0.3, 0.4) is 0 Å². The number of hydrogen-bond donors (Lipinski definition) is 0. The summed E-state index contributed by atoms with van der Waals surface area (Å²) in [5.74, 6) is -2.25. The summed E-state index contributed by atoms with van der Waals surface area (Å²) in [6.45, 7) is 4.82. The van der Waals surface area contributed by atoms with Gasteiger partial charge in [-0.25, -0.2) is 0 Å². The van der Waals surface area contributed by atoms with Gasteiger partial charge < -0.3 is 33.3 Å². The van der Waals surface area contributed by atoms with Crippen molar-refractivity contribution >= 4 is 17.9 Å². The molecule has 0 aromatic heterocycles. The number of unbranched alkanes of at least 4 members (excludes halogenated alkanes) is 56. The Morgan fingerprint density at radius 2 is 0.587 bits per heavy atom. The summed E-state index contributed by atoms with van der Waals surface area (Å²) < 4.78 is 22.9. The Hall–Kier alpha value is -2.49. The molecule has 0 aliphatic carbocycles. The van der Waals surface area contributed by atoms with E-state index in [1.807, 2.05) is 21.1 Å². The van der Waals surface area contributed by atoms with E-state index in [-0.39, 0.29) is 32.2 Å². The van der Waals surface area contributed by atoms with E-state index in [4.69, 9.17) is 18.9 Å². The van der Waals surface area contributed by atoms with Crippen LogP contribution in [0.5, 0.6) is 0 Å². The number of allylic oxidation sites excluding steroid dienone is 6. The summed E-state index contributed by atoms with van der Waals surface area (Å²) in [7, 11) is 5.95. The van der Waals surface area contributed by atoms with Crippen LogP contribution in [0.2, 0.25) is 0 Å². The van der Waals surface area contributed by atoms with E-state index in [9.17, 15) is 19.5 Å². The molecule has 0 bridgehead atoms. The zero-order valence-electron chi connectivity index (χ0n) is 62.2. The minimum absolute atomic E-state index is 0.151. The van der Waals surface area contributed by atoms with E-state index in [0.29, 0.717) is 23.9 Å². The molecule has 92 heavy (non-hydrogen) atoms. The molecule has 0 aliphatic rings. The predicted molar refractivity (Wildman–Crippen MR) is 394 cm³/mol. The number of hydrogen-bond acceptors (Lipinski definition) is 8. The lowest BCUT2D eigenvalue weighted by atomic mass is 10.0. The summed E-state index contributed by atoms with van der Waals surface area (Å²) in [4.78, 5) is 37.6. The van der Waals surface area contributed by atoms with Gasteiger partial charge in [-0.15, -0.1) is 0 Å². The van der Waals surface area contributed by atoms with E-state index in [2.05, 4.69) is 50.3 Å². The number of carboxylic acids is 1. The summed E-state index contributed by atoms with van der Waals surface area (Å²) in [5.41, 5.74) is 0. The first-order chi connectivity index (χ1) is 45.1. The lowest BCUT2D eigenvalue weighted by Crippen LogP contribution is -2.44. The second-order valence-corrected chi connectivity index (χ2v) is 29.1. The minimum Gasteiger partial charge on any atom is -0.545 e. The molecule has 2 atom stereocenters. The highest BCUT2D eigenvalue weighted by atomic mass is 16.7. The molecule has 0 saturated heterocycles. The molecule has 0 spiro atoms. The molecule has 0 radical (unpaired) electrons. The second kappa shape index (κ2) is 74.3. The van der Waals surface area contributed by atoms with Gasteiger partial charge in [0.2, 0.25) is 0 Å². The number of ether oxygens (including phenoxy) is 4. The first kappa shape index (κ1) is 89.5. The molecule has 0 heterocycles. The van der Waals surface area contributed by atoms with Crippen LogP contribution in [0.15, 0.2) is 36.5 Å². The summed E-state index contributed by atoms with van der Waals surface area (Å²) in [6.07, 6.45) is 92.8. The summed E-state index contributed by atoms with van der Waals surface area (Å²) in [6, 6.07) is 0. The highest BCUT2D eigenvalue weighted by Crippen LogP contribution is 2.20. The van der Waals surface area contributed by atoms with Crippen molar-refractivity contribution in [2.24, 2.45) is 0 Å². The fraction of sp³-hybridized carbons (Fsp3) is 0.892. The fourth-order valence-electron chi connectivity index (χ4n) is 12.4. The van der Waals surface area contributed by atoms with Gasteiger partial charge in [0.1, 0.15) is 13.2 Å². The van der Waals surface area contributed by atoms with Crippen molar-refractivity contribution in [2.45, 2.75) is 431 Å². The number of carboxylic acid groups (broad SMARTS) is 1. The number of carbonyl (C=O) groups is 3. The van der Waals surface area contributed by atoms with Crippen molar-refractivity contribution in [3.05, 3.63) is 36.5 Å². The van der Waals surface area contributed by atoms with Gasteiger partial charge in [-0.3, -0.25) is 9.59 Å². The molecular weight excluding hydrogens is 1140 g/mol. The first-order valence-corrected chi connectivity index (χ1v) is 40.6. The maximum Gasteiger partial charge on any atom is 0.306 e. The minimum atomic E-state index is -1.62. The zero-order valence-corrected chi connectivity index (χ0v) is 62.2. The fourth-order valence-corrected chi connectivity index (χ4v) is 12.4. The van der Waals surface area contributed by atoms with Gasteiger partial charge in [0.25, 0.3) is 0 Å². The van der Waals surface area contributed by atoms with Gasteiger partial charge in [-0.1, -0.05) is 391 Å². The van der Waals surface area contributed by atoms with Crippen LogP contribution in [0, 0.1) is 0 Å². The number of nitrogens with zero attached hydrogens (tertiary/aromatic N) is 1. The monoisotopic (exact) mass is 1300 g/mol. The third kappa shape index (κ3) is 74.9. The van der Waals surface area contributed by atoms with Gasteiger partial charge in [-0.2, -0.15) is 0 Å². The molecule has 2 unspecified atom stereocenters. The van der Waals surface area contributed by atoms with Crippen molar-refractivity contribution in [2.75, 3.05) is 47.5 Å². The molecule has 0 aromatic rings. The molecule has 0 fully saturated rings. The standard InChI is InChI=1S/C83H157NO8/c1-6-8-10-12-14-16-18-20-22-24-26-28-30-32-34-36-38-39-40-41-42-44-45-47-49-51-53-55-57-59-61-63-65-67-69-71-73-80(85)90-77-79(78-91-83(82(87)88)89-76-75-84(3,4)5)92-81(86)74-72-70-68-66-64-62-60-58-56-54-52-50-48-46-43-37-35-33-31-29-27-25-23-21-19-17-15-13-11-9-7-2/h19,21,25,27,31,33,79,83H,6-18,20,22-24,26,28-30,32,34-78H2,1-5H3/b21-19-,27-25-,33-31-. The molecule has 0 N–H and O–H groups in total.